The lowest BCUT2D eigenvalue weighted by molar-refractivity contribution is 0.101. The summed E-state index contributed by atoms with van der Waals surface area (Å²) in [6.07, 6.45) is 4.57. The molecule has 3 aromatic heterocycles. The zero-order chi connectivity index (χ0) is 25.1. The van der Waals surface area contributed by atoms with E-state index >= 15 is 0 Å². The molecular formula is C22H22Cl2N8O3. The van der Waals surface area contributed by atoms with Crippen LogP contribution in [0.5, 0.6) is 5.75 Å². The molecule has 0 radical (unpaired) electrons. The Morgan fingerprint density at radius 2 is 1.80 bits per heavy atom. The molecule has 0 atom stereocenters. The summed E-state index contributed by atoms with van der Waals surface area (Å²) in [7, 11) is 1.78. The zero-order valence-electron chi connectivity index (χ0n) is 19.1. The molecule has 0 bridgehead atoms. The van der Waals surface area contributed by atoms with Crippen molar-refractivity contribution < 1.29 is 14.3 Å². The Hall–Kier alpha value is -3.83. The quantitative estimate of drug-likeness (QED) is 0.365. The first kappa shape index (κ1) is 24.3. The van der Waals surface area contributed by atoms with Crippen LogP contribution in [-0.4, -0.2) is 41.2 Å². The molecule has 4 aromatic rings. The van der Waals surface area contributed by atoms with Gasteiger partial charge in [0, 0.05) is 19.8 Å². The van der Waals surface area contributed by atoms with Gasteiger partial charge in [-0.1, -0.05) is 29.3 Å². The number of hydrogen-bond donors (Lipinski definition) is 2. The van der Waals surface area contributed by atoms with Crippen molar-refractivity contribution in [3.05, 3.63) is 70.0 Å². The number of anilines is 2. The summed E-state index contributed by atoms with van der Waals surface area (Å²) in [5.41, 5.74) is 1.95. The first-order valence-corrected chi connectivity index (χ1v) is 11.3. The normalized spacial score (nSPS) is 10.9. The zero-order valence-corrected chi connectivity index (χ0v) is 20.6. The van der Waals surface area contributed by atoms with E-state index in [1.54, 1.807) is 42.3 Å². The molecule has 1 aromatic carbocycles. The first-order valence-electron chi connectivity index (χ1n) is 10.6. The number of hydrogen-bond acceptors (Lipinski definition) is 6. The minimum Gasteiger partial charge on any atom is -0.470 e. The van der Waals surface area contributed by atoms with Gasteiger partial charge in [-0.05, 0) is 32.0 Å². The van der Waals surface area contributed by atoms with Gasteiger partial charge in [-0.25, -0.2) is 4.68 Å². The van der Waals surface area contributed by atoms with E-state index in [2.05, 4.69) is 25.9 Å². The Morgan fingerprint density at radius 3 is 2.51 bits per heavy atom. The molecule has 0 aliphatic rings. The van der Waals surface area contributed by atoms with Gasteiger partial charge in [-0.3, -0.25) is 19.0 Å². The molecule has 0 aliphatic carbocycles. The molecule has 3 heterocycles. The number of ether oxygens (including phenoxy) is 1. The largest absolute Gasteiger partial charge is 0.470 e. The van der Waals surface area contributed by atoms with Crippen molar-refractivity contribution in [1.29, 1.82) is 0 Å². The molecule has 0 aliphatic heterocycles. The molecule has 13 heteroatoms. The van der Waals surface area contributed by atoms with Crippen molar-refractivity contribution in [3.63, 3.8) is 0 Å². The topological polar surface area (TPSA) is 121 Å². The van der Waals surface area contributed by atoms with Crippen LogP contribution in [0.3, 0.4) is 0 Å². The summed E-state index contributed by atoms with van der Waals surface area (Å²) in [6.45, 7) is 4.13. The Kier molecular flexibility index (Phi) is 7.08. The molecule has 2 amide bonds. The van der Waals surface area contributed by atoms with E-state index in [0.29, 0.717) is 28.0 Å². The summed E-state index contributed by atoms with van der Waals surface area (Å²) in [6, 6.07) is 6.57. The number of amides is 2. The Labute approximate surface area is 210 Å². The number of aromatic nitrogens is 6. The Bertz CT molecular complexity index is 1390. The van der Waals surface area contributed by atoms with E-state index in [4.69, 9.17) is 27.9 Å². The van der Waals surface area contributed by atoms with E-state index < -0.39 is 11.8 Å². The van der Waals surface area contributed by atoms with Crippen LogP contribution in [0, 0.1) is 6.92 Å². The predicted molar refractivity (Wildman–Crippen MR) is 131 cm³/mol. The molecule has 0 fully saturated rings. The summed E-state index contributed by atoms with van der Waals surface area (Å²) >= 11 is 12.1. The Morgan fingerprint density at radius 1 is 1.06 bits per heavy atom. The molecule has 0 unspecified atom stereocenters. The molecule has 4 rings (SSSR count). The van der Waals surface area contributed by atoms with E-state index in [1.807, 2.05) is 13.8 Å². The summed E-state index contributed by atoms with van der Waals surface area (Å²) < 4.78 is 10.2. The third-order valence-electron chi connectivity index (χ3n) is 5.23. The lowest BCUT2D eigenvalue weighted by Gasteiger charge is -2.10. The predicted octanol–water partition coefficient (Wildman–Crippen LogP) is 3.99. The second-order valence-electron chi connectivity index (χ2n) is 7.46. The Balaban J connectivity index is 1.46. The lowest BCUT2D eigenvalue weighted by Crippen LogP contribution is -2.21. The van der Waals surface area contributed by atoms with Crippen LogP contribution in [0.15, 0.2) is 42.9 Å². The maximum Gasteiger partial charge on any atom is 0.276 e. The molecule has 0 saturated heterocycles. The monoisotopic (exact) mass is 516 g/mol. The third kappa shape index (κ3) is 5.15. The van der Waals surface area contributed by atoms with Crippen molar-refractivity contribution in [1.82, 2.24) is 29.3 Å². The fourth-order valence-corrected chi connectivity index (χ4v) is 3.58. The second-order valence-corrected chi connectivity index (χ2v) is 8.25. The SMILES string of the molecule is CCn1ncc(NC(=O)c2ccn(COc3cccc(Cl)c3Cl)n2)c1C(=O)Nc1cnn(C)c1C. The van der Waals surface area contributed by atoms with E-state index in [-0.39, 0.29) is 23.8 Å². The van der Waals surface area contributed by atoms with Gasteiger partial charge < -0.3 is 15.4 Å². The molecule has 0 saturated carbocycles. The van der Waals surface area contributed by atoms with Gasteiger partial charge in [-0.15, -0.1) is 0 Å². The van der Waals surface area contributed by atoms with Gasteiger partial charge >= 0.3 is 0 Å². The van der Waals surface area contributed by atoms with E-state index in [1.165, 1.54) is 21.6 Å². The van der Waals surface area contributed by atoms with Gasteiger partial charge in [0.15, 0.2) is 12.4 Å². The number of halogens is 2. The van der Waals surface area contributed by atoms with E-state index in [9.17, 15) is 9.59 Å². The fraction of sp³-hybridized carbons (Fsp3) is 0.227. The molecular weight excluding hydrogens is 495 g/mol. The van der Waals surface area contributed by atoms with Gasteiger partial charge in [0.2, 0.25) is 0 Å². The van der Waals surface area contributed by atoms with Crippen molar-refractivity contribution >= 4 is 46.4 Å². The number of carbonyl (C=O) groups excluding carboxylic acids is 2. The average molecular weight is 517 g/mol. The lowest BCUT2D eigenvalue weighted by atomic mass is 10.3. The standard InChI is InChI=1S/C22H22Cl2N8O3/c1-4-32-20(22(34)27-16-10-25-30(3)13(16)2)17(11-26-32)28-21(33)15-8-9-31(29-15)12-35-18-7-5-6-14(23)19(18)24/h5-11H,4,12H2,1-3H3,(H,27,34)(H,28,33). The van der Waals surface area contributed by atoms with Crippen molar-refractivity contribution in [2.45, 2.75) is 27.1 Å². The minimum atomic E-state index is -0.508. The second kappa shape index (κ2) is 10.2. The van der Waals surface area contributed by atoms with Gasteiger partial charge in [-0.2, -0.15) is 15.3 Å². The first-order chi connectivity index (χ1) is 16.8. The number of aryl methyl sites for hydroxylation is 2. The van der Waals surface area contributed by atoms with Crippen LogP contribution < -0.4 is 15.4 Å². The maximum absolute atomic E-state index is 13.0. The molecule has 2 N–H and O–H groups in total. The van der Waals surface area contributed by atoms with E-state index in [0.717, 1.165) is 5.69 Å². The van der Waals surface area contributed by atoms with Crippen molar-refractivity contribution in [2.24, 2.45) is 7.05 Å². The van der Waals surface area contributed by atoms with Crippen molar-refractivity contribution in [3.8, 4) is 5.75 Å². The van der Waals surface area contributed by atoms with Crippen LogP contribution in [0.1, 0.15) is 33.6 Å². The molecule has 11 nitrogen and oxygen atoms in total. The third-order valence-corrected chi connectivity index (χ3v) is 6.03. The molecule has 35 heavy (non-hydrogen) atoms. The number of rotatable bonds is 8. The smallest absolute Gasteiger partial charge is 0.276 e. The number of benzene rings is 1. The van der Waals surface area contributed by atoms with Crippen LogP contribution in [0.25, 0.3) is 0 Å². The highest BCUT2D eigenvalue weighted by molar-refractivity contribution is 6.42. The summed E-state index contributed by atoms with van der Waals surface area (Å²) in [5, 5.41) is 18.7. The average Bonchev–Trinajstić information content (AvgIpc) is 3.55. The van der Waals surface area contributed by atoms with Crippen LogP contribution in [0.2, 0.25) is 10.0 Å². The van der Waals surface area contributed by atoms with Gasteiger partial charge in [0.05, 0.1) is 34.5 Å². The van der Waals surface area contributed by atoms with Crippen LogP contribution in [-0.2, 0) is 20.3 Å². The minimum absolute atomic E-state index is 0.0131. The number of nitrogens with one attached hydrogen (secondary N) is 2. The van der Waals surface area contributed by atoms with Crippen molar-refractivity contribution in [2.75, 3.05) is 10.6 Å². The summed E-state index contributed by atoms with van der Waals surface area (Å²) in [4.78, 5) is 25.9. The van der Waals surface area contributed by atoms with Gasteiger partial charge in [0.25, 0.3) is 11.8 Å². The van der Waals surface area contributed by atoms with Crippen LogP contribution >= 0.6 is 23.2 Å². The highest BCUT2D eigenvalue weighted by Crippen LogP contribution is 2.31. The van der Waals surface area contributed by atoms with Gasteiger partial charge in [0.1, 0.15) is 16.5 Å². The van der Waals surface area contributed by atoms with Crippen LogP contribution in [0.4, 0.5) is 11.4 Å². The fourth-order valence-electron chi connectivity index (χ4n) is 3.23. The molecule has 0 spiro atoms. The number of nitrogens with zero attached hydrogens (tertiary/aromatic N) is 6. The maximum atomic E-state index is 13.0. The highest BCUT2D eigenvalue weighted by atomic mass is 35.5. The summed E-state index contributed by atoms with van der Waals surface area (Å²) in [5.74, 6) is -0.535. The highest BCUT2D eigenvalue weighted by Gasteiger charge is 2.22. The number of carbonyl (C=O) groups is 2. The molecule has 182 valence electrons.